The molecule has 0 bridgehead atoms. The number of nitrogens with zero attached hydrogens (tertiary/aromatic N) is 1. The summed E-state index contributed by atoms with van der Waals surface area (Å²) in [7, 11) is 0. The van der Waals surface area contributed by atoms with Crippen LogP contribution < -0.4 is 0 Å². The van der Waals surface area contributed by atoms with Gasteiger partial charge in [-0.1, -0.05) is 29.9 Å². The molecule has 4 heteroatoms. The fourth-order valence-corrected chi connectivity index (χ4v) is 2.41. The average Bonchev–Trinajstić information content (AvgIpc) is 2.11. The van der Waals surface area contributed by atoms with Gasteiger partial charge in [0.15, 0.2) is 0 Å². The molecule has 0 atom stereocenters. The minimum absolute atomic E-state index is 0.735. The number of hydrogen-bond acceptors (Lipinski definition) is 2. The quantitative estimate of drug-likeness (QED) is 0.430. The van der Waals surface area contributed by atoms with Crippen molar-refractivity contribution in [1.82, 2.24) is 0 Å². The fourth-order valence-electron chi connectivity index (χ4n) is 1.10. The summed E-state index contributed by atoms with van der Waals surface area (Å²) in [5.74, 6) is 0. The Morgan fingerprint density at radius 1 is 1.57 bits per heavy atom. The van der Waals surface area contributed by atoms with Crippen molar-refractivity contribution in [2.24, 2.45) is 4.99 Å². The van der Waals surface area contributed by atoms with Gasteiger partial charge in [0, 0.05) is 9.92 Å². The van der Waals surface area contributed by atoms with Crippen molar-refractivity contribution in [3.63, 3.8) is 0 Å². The summed E-state index contributed by atoms with van der Waals surface area (Å²) in [5, 5.41) is 2.51. The molecule has 0 saturated carbocycles. The van der Waals surface area contributed by atoms with Crippen LogP contribution in [-0.4, -0.2) is 4.22 Å². The van der Waals surface area contributed by atoms with Crippen LogP contribution in [0.25, 0.3) is 0 Å². The predicted octanol–water partition coefficient (Wildman–Crippen LogP) is 4.98. The molecule has 0 aromatic heterocycles. The molecule has 0 heterocycles. The zero-order valence-electron chi connectivity index (χ0n) is 7.63. The molecule has 0 aliphatic carbocycles. The van der Waals surface area contributed by atoms with Gasteiger partial charge in [-0.05, 0) is 52.6 Å². The van der Waals surface area contributed by atoms with Gasteiger partial charge in [0.1, 0.15) is 0 Å². The fraction of sp³-hybridized carbons (Fsp3) is 0.100. The summed E-state index contributed by atoms with van der Waals surface area (Å²) in [4.78, 5) is 5.34. The second kappa shape index (κ2) is 5.78. The summed E-state index contributed by atoms with van der Waals surface area (Å²) >= 11 is 9.59. The number of benzene rings is 1. The number of halogens is 2. The predicted molar refractivity (Wildman–Crippen MR) is 74.4 cm³/mol. The van der Waals surface area contributed by atoms with Gasteiger partial charge in [-0.3, -0.25) is 0 Å². The smallest absolute Gasteiger partial charge is 0.0804 e. The Hall–Kier alpha value is -0.000000000000000111. The van der Waals surface area contributed by atoms with Crippen LogP contribution in [0.5, 0.6) is 0 Å². The number of thioether (sulfide) groups is 1. The number of aliphatic imine (C=N–C) groups is 1. The Morgan fingerprint density at radius 3 is 2.86 bits per heavy atom. The second-order valence-corrected chi connectivity index (χ2v) is 4.58. The standard InChI is InChI=1S/C10H9ClINS/c1-3-14-9-5-8(11)4-7(2)10(9)13-6-12/h3-6H,1H2,2H3/b13-6+. The molecule has 74 valence electrons. The maximum Gasteiger partial charge on any atom is 0.0804 e. The average molecular weight is 338 g/mol. The third-order valence-corrected chi connectivity index (χ3v) is 2.85. The molecule has 0 radical (unpaired) electrons. The van der Waals surface area contributed by atoms with Gasteiger partial charge in [-0.25, -0.2) is 4.99 Å². The third-order valence-electron chi connectivity index (χ3n) is 1.62. The van der Waals surface area contributed by atoms with Crippen LogP contribution in [0.4, 0.5) is 5.69 Å². The molecule has 0 aliphatic rings. The van der Waals surface area contributed by atoms with E-state index in [0.717, 1.165) is 21.2 Å². The first-order valence-electron chi connectivity index (χ1n) is 3.89. The largest absolute Gasteiger partial charge is 0.249 e. The van der Waals surface area contributed by atoms with E-state index < -0.39 is 0 Å². The van der Waals surface area contributed by atoms with Crippen LogP contribution in [0.3, 0.4) is 0 Å². The van der Waals surface area contributed by atoms with E-state index >= 15 is 0 Å². The van der Waals surface area contributed by atoms with Gasteiger partial charge >= 0.3 is 0 Å². The van der Waals surface area contributed by atoms with E-state index in [9.17, 15) is 0 Å². The number of hydrogen-bond donors (Lipinski definition) is 0. The zero-order valence-corrected chi connectivity index (χ0v) is 11.4. The zero-order chi connectivity index (χ0) is 10.6. The van der Waals surface area contributed by atoms with Gasteiger partial charge < -0.3 is 0 Å². The molecule has 0 amide bonds. The van der Waals surface area contributed by atoms with Crippen LogP contribution in [0.15, 0.2) is 34.0 Å². The van der Waals surface area contributed by atoms with Crippen LogP contribution >= 0.6 is 46.0 Å². The molecular weight excluding hydrogens is 329 g/mol. The van der Waals surface area contributed by atoms with Crippen molar-refractivity contribution in [1.29, 1.82) is 0 Å². The molecule has 0 spiro atoms. The van der Waals surface area contributed by atoms with Crippen molar-refractivity contribution < 1.29 is 0 Å². The molecular formula is C10H9ClINS. The summed E-state index contributed by atoms with van der Waals surface area (Å²) in [6.07, 6.45) is 0. The summed E-state index contributed by atoms with van der Waals surface area (Å²) in [6.45, 7) is 5.68. The highest BCUT2D eigenvalue weighted by molar-refractivity contribution is 14.1. The van der Waals surface area contributed by atoms with E-state index in [4.69, 9.17) is 11.6 Å². The Balaban J connectivity index is 3.27. The van der Waals surface area contributed by atoms with Crippen LogP contribution in [0.2, 0.25) is 5.02 Å². The summed E-state index contributed by atoms with van der Waals surface area (Å²) in [6, 6.07) is 3.81. The molecule has 0 fully saturated rings. The Morgan fingerprint density at radius 2 is 2.29 bits per heavy atom. The van der Waals surface area contributed by atoms with Gasteiger partial charge in [0.2, 0.25) is 0 Å². The monoisotopic (exact) mass is 337 g/mol. The Kier molecular flexibility index (Phi) is 4.98. The molecule has 0 aliphatic heterocycles. The van der Waals surface area contributed by atoms with Crippen molar-refractivity contribution in [2.45, 2.75) is 11.8 Å². The Bertz CT molecular complexity index is 377. The SMILES string of the molecule is C=CSc1cc(Cl)cc(C)c1/N=C/I. The molecule has 0 unspecified atom stereocenters. The van der Waals surface area contributed by atoms with Crippen LogP contribution in [0, 0.1) is 6.92 Å². The van der Waals surface area contributed by atoms with Crippen molar-refractivity contribution in [3.8, 4) is 0 Å². The molecule has 1 rings (SSSR count). The topological polar surface area (TPSA) is 12.4 Å². The molecule has 0 saturated heterocycles. The highest BCUT2D eigenvalue weighted by Crippen LogP contribution is 2.35. The maximum atomic E-state index is 5.96. The minimum atomic E-state index is 0.735. The van der Waals surface area contributed by atoms with Gasteiger partial charge in [-0.2, -0.15) is 0 Å². The molecule has 1 nitrogen and oxygen atoms in total. The number of rotatable bonds is 3. The van der Waals surface area contributed by atoms with E-state index in [1.165, 1.54) is 11.8 Å². The van der Waals surface area contributed by atoms with Crippen molar-refractivity contribution in [3.05, 3.63) is 34.7 Å². The van der Waals surface area contributed by atoms with E-state index in [2.05, 4.69) is 34.2 Å². The van der Waals surface area contributed by atoms with E-state index in [-0.39, 0.29) is 0 Å². The molecule has 14 heavy (non-hydrogen) atoms. The molecule has 1 aromatic carbocycles. The lowest BCUT2D eigenvalue weighted by Crippen LogP contribution is -1.79. The van der Waals surface area contributed by atoms with E-state index in [0.29, 0.717) is 0 Å². The minimum Gasteiger partial charge on any atom is -0.249 e. The first-order chi connectivity index (χ1) is 6.69. The first kappa shape index (κ1) is 12.1. The number of aryl methyl sites for hydroxylation is 1. The van der Waals surface area contributed by atoms with Crippen LogP contribution in [-0.2, 0) is 0 Å². The lowest BCUT2D eigenvalue weighted by Gasteiger charge is -2.06. The molecule has 0 N–H and O–H groups in total. The maximum absolute atomic E-state index is 5.96. The van der Waals surface area contributed by atoms with Gasteiger partial charge in [-0.15, -0.1) is 0 Å². The molecule has 1 aromatic rings. The lowest BCUT2D eigenvalue weighted by molar-refractivity contribution is 1.31. The van der Waals surface area contributed by atoms with Gasteiger partial charge in [0.05, 0.1) is 9.91 Å². The second-order valence-electron chi connectivity index (χ2n) is 2.58. The van der Waals surface area contributed by atoms with E-state index in [1.54, 1.807) is 9.63 Å². The van der Waals surface area contributed by atoms with E-state index in [1.807, 2.05) is 19.1 Å². The Labute approximate surface area is 107 Å². The third kappa shape index (κ3) is 3.00. The summed E-state index contributed by atoms with van der Waals surface area (Å²) < 4.78 is 1.75. The van der Waals surface area contributed by atoms with Crippen molar-refractivity contribution in [2.75, 3.05) is 0 Å². The highest BCUT2D eigenvalue weighted by atomic mass is 127. The normalized spacial score (nSPS) is 10.8. The lowest BCUT2D eigenvalue weighted by atomic mass is 10.2. The van der Waals surface area contributed by atoms with Gasteiger partial charge in [0.25, 0.3) is 0 Å². The highest BCUT2D eigenvalue weighted by Gasteiger charge is 2.05. The van der Waals surface area contributed by atoms with Crippen LogP contribution in [0.1, 0.15) is 5.56 Å². The first-order valence-corrected chi connectivity index (χ1v) is 6.40. The van der Waals surface area contributed by atoms with Crippen molar-refractivity contribution >= 4 is 55.9 Å². The summed E-state index contributed by atoms with van der Waals surface area (Å²) in [5.41, 5.74) is 2.04.